The first kappa shape index (κ1) is 20.9. The molecule has 0 unspecified atom stereocenters. The molecule has 1 aliphatic rings. The average Bonchev–Trinajstić information content (AvgIpc) is 2.67. The van der Waals surface area contributed by atoms with Crippen molar-refractivity contribution in [1.82, 2.24) is 5.32 Å². The predicted octanol–water partition coefficient (Wildman–Crippen LogP) is 2.81. The topological polar surface area (TPSA) is 75.7 Å². The third-order valence-electron chi connectivity index (χ3n) is 4.81. The molecule has 6 heteroatoms. The van der Waals surface area contributed by atoms with Crippen LogP contribution in [-0.4, -0.2) is 43.9 Å². The zero-order valence-corrected chi connectivity index (χ0v) is 16.4. The summed E-state index contributed by atoms with van der Waals surface area (Å²) < 4.78 is 5.07. The highest BCUT2D eigenvalue weighted by Gasteiger charge is 2.24. The maximum atomic E-state index is 12.5. The summed E-state index contributed by atoms with van der Waals surface area (Å²) in [5, 5.41) is 2.80. The molecule has 1 saturated heterocycles. The summed E-state index contributed by atoms with van der Waals surface area (Å²) in [6, 6.07) is 6.73. The number of amides is 1. The van der Waals surface area contributed by atoms with Crippen LogP contribution in [0.3, 0.4) is 0 Å². The van der Waals surface area contributed by atoms with Crippen molar-refractivity contribution >= 4 is 23.9 Å². The molecule has 1 atom stereocenters. The number of carbonyl (C=O) groups is 3. The molecule has 1 fully saturated rings. The quantitative estimate of drug-likeness (QED) is 0.559. The molecule has 27 heavy (non-hydrogen) atoms. The van der Waals surface area contributed by atoms with E-state index >= 15 is 0 Å². The maximum Gasteiger partial charge on any atom is 0.328 e. The van der Waals surface area contributed by atoms with Crippen molar-refractivity contribution in [3.8, 4) is 0 Å². The van der Waals surface area contributed by atoms with E-state index in [0.29, 0.717) is 18.6 Å². The van der Waals surface area contributed by atoms with Crippen LogP contribution in [0, 0.1) is 11.8 Å². The Hall–Kier alpha value is -2.37. The molecule has 0 bridgehead atoms. The number of aldehydes is 1. The highest BCUT2D eigenvalue weighted by atomic mass is 16.5. The second-order valence-corrected chi connectivity index (χ2v) is 7.42. The van der Waals surface area contributed by atoms with Crippen molar-refractivity contribution in [2.75, 3.05) is 24.6 Å². The van der Waals surface area contributed by atoms with Crippen molar-refractivity contribution in [3.05, 3.63) is 29.8 Å². The van der Waals surface area contributed by atoms with Crippen LogP contribution in [0.1, 0.15) is 50.4 Å². The van der Waals surface area contributed by atoms with Crippen molar-refractivity contribution < 1.29 is 19.1 Å². The number of nitrogens with zero attached hydrogens (tertiary/aromatic N) is 1. The van der Waals surface area contributed by atoms with E-state index in [-0.39, 0.29) is 17.7 Å². The molecule has 0 aliphatic carbocycles. The summed E-state index contributed by atoms with van der Waals surface area (Å²) in [4.78, 5) is 37.7. The Kier molecular flexibility index (Phi) is 7.82. The van der Waals surface area contributed by atoms with Crippen LogP contribution in [0.2, 0.25) is 0 Å². The van der Waals surface area contributed by atoms with E-state index in [0.717, 1.165) is 37.9 Å². The Morgan fingerprint density at radius 2 is 1.85 bits per heavy atom. The molecule has 1 heterocycles. The molecule has 1 aromatic rings. The Morgan fingerprint density at radius 3 is 2.37 bits per heavy atom. The summed E-state index contributed by atoms with van der Waals surface area (Å²) >= 11 is 0. The monoisotopic (exact) mass is 374 g/mol. The highest BCUT2D eigenvalue weighted by molar-refractivity contribution is 5.97. The minimum atomic E-state index is -0.639. The molecule has 0 saturated carbocycles. The van der Waals surface area contributed by atoms with Crippen molar-refractivity contribution in [2.24, 2.45) is 11.8 Å². The number of benzene rings is 1. The second-order valence-electron chi connectivity index (χ2n) is 7.42. The number of hydrogen-bond donors (Lipinski definition) is 1. The van der Waals surface area contributed by atoms with E-state index in [1.807, 2.05) is 26.0 Å². The average molecular weight is 374 g/mol. The van der Waals surface area contributed by atoms with Crippen LogP contribution >= 0.6 is 0 Å². The summed E-state index contributed by atoms with van der Waals surface area (Å²) in [5.74, 6) is -0.252. The van der Waals surface area contributed by atoms with Crippen LogP contribution in [0.25, 0.3) is 0 Å². The summed E-state index contributed by atoms with van der Waals surface area (Å²) in [5.41, 5.74) is 1.56. The number of anilines is 1. The number of esters is 1. The molecular weight excluding hydrogens is 344 g/mol. The lowest BCUT2D eigenvalue weighted by Crippen LogP contribution is -2.42. The van der Waals surface area contributed by atoms with E-state index < -0.39 is 12.0 Å². The minimum Gasteiger partial charge on any atom is -0.464 e. The lowest BCUT2D eigenvalue weighted by molar-refractivity contribution is -0.145. The lowest BCUT2D eigenvalue weighted by atomic mass is 9.98. The molecule has 6 nitrogen and oxygen atoms in total. The van der Waals surface area contributed by atoms with Crippen LogP contribution in [-0.2, 0) is 14.3 Å². The van der Waals surface area contributed by atoms with Gasteiger partial charge in [-0.1, -0.05) is 13.8 Å². The fourth-order valence-electron chi connectivity index (χ4n) is 3.29. The van der Waals surface area contributed by atoms with Gasteiger partial charge in [0.15, 0.2) is 0 Å². The fraction of sp³-hybridized carbons (Fsp3) is 0.571. The number of rotatable bonds is 8. The van der Waals surface area contributed by atoms with Crippen LogP contribution in [0.4, 0.5) is 5.69 Å². The van der Waals surface area contributed by atoms with Crippen LogP contribution in [0.5, 0.6) is 0 Å². The van der Waals surface area contributed by atoms with Crippen molar-refractivity contribution in [2.45, 2.75) is 46.1 Å². The van der Waals surface area contributed by atoms with Gasteiger partial charge < -0.3 is 19.7 Å². The lowest BCUT2D eigenvalue weighted by Gasteiger charge is -2.31. The SMILES string of the molecule is CCOC(=O)[C@@H](CC(C)C)NC(=O)c1ccc(N2CCC(C=O)CC2)cc1. The number of hydrogen-bond acceptors (Lipinski definition) is 5. The van der Waals surface area contributed by atoms with Crippen LogP contribution in [0.15, 0.2) is 24.3 Å². The molecule has 1 amide bonds. The van der Waals surface area contributed by atoms with Crippen LogP contribution < -0.4 is 10.2 Å². The zero-order valence-electron chi connectivity index (χ0n) is 16.4. The van der Waals surface area contributed by atoms with Gasteiger partial charge in [0, 0.05) is 30.3 Å². The number of carbonyl (C=O) groups excluding carboxylic acids is 3. The van der Waals surface area contributed by atoms with Gasteiger partial charge in [-0.25, -0.2) is 4.79 Å². The standard InChI is InChI=1S/C21H30N2O4/c1-4-27-21(26)19(13-15(2)3)22-20(25)17-5-7-18(8-6-17)23-11-9-16(14-24)10-12-23/h5-8,14-16,19H,4,9-13H2,1-3H3,(H,22,25)/t19-/m1/s1. The highest BCUT2D eigenvalue weighted by Crippen LogP contribution is 2.22. The molecule has 0 aromatic heterocycles. The molecule has 1 N–H and O–H groups in total. The van der Waals surface area contributed by atoms with Gasteiger partial charge in [-0.2, -0.15) is 0 Å². The van der Waals surface area contributed by atoms with Gasteiger partial charge in [0.2, 0.25) is 0 Å². The molecule has 1 aliphatic heterocycles. The molecular formula is C21H30N2O4. The molecule has 0 radical (unpaired) electrons. The number of nitrogens with one attached hydrogen (secondary N) is 1. The Labute approximate surface area is 161 Å². The van der Waals surface area contributed by atoms with Gasteiger partial charge in [0.1, 0.15) is 12.3 Å². The first-order valence-electron chi connectivity index (χ1n) is 9.72. The largest absolute Gasteiger partial charge is 0.464 e. The normalized spacial score (nSPS) is 16.1. The van der Waals surface area contributed by atoms with E-state index in [4.69, 9.17) is 4.74 Å². The summed E-state index contributed by atoms with van der Waals surface area (Å²) in [7, 11) is 0. The van der Waals surface area contributed by atoms with E-state index in [1.54, 1.807) is 19.1 Å². The van der Waals surface area contributed by atoms with Gasteiger partial charge in [-0.15, -0.1) is 0 Å². The second kappa shape index (κ2) is 10.1. The number of piperidine rings is 1. The fourth-order valence-corrected chi connectivity index (χ4v) is 3.29. The van der Waals surface area contributed by atoms with E-state index in [9.17, 15) is 14.4 Å². The van der Waals surface area contributed by atoms with Crippen molar-refractivity contribution in [1.29, 1.82) is 0 Å². The molecule has 0 spiro atoms. The first-order chi connectivity index (χ1) is 12.9. The Morgan fingerprint density at radius 1 is 1.22 bits per heavy atom. The van der Waals surface area contributed by atoms with Gasteiger partial charge >= 0.3 is 5.97 Å². The van der Waals surface area contributed by atoms with Gasteiger partial charge in [-0.3, -0.25) is 4.79 Å². The predicted molar refractivity (Wildman–Crippen MR) is 105 cm³/mol. The molecule has 2 rings (SSSR count). The van der Waals surface area contributed by atoms with E-state index in [2.05, 4.69) is 10.2 Å². The summed E-state index contributed by atoms with van der Waals surface area (Å²) in [6.45, 7) is 7.73. The first-order valence-corrected chi connectivity index (χ1v) is 9.72. The Bertz CT molecular complexity index is 634. The maximum absolute atomic E-state index is 12.5. The smallest absolute Gasteiger partial charge is 0.328 e. The van der Waals surface area contributed by atoms with E-state index in [1.165, 1.54) is 0 Å². The van der Waals surface area contributed by atoms with Gasteiger partial charge in [-0.05, 0) is 56.4 Å². The van der Waals surface area contributed by atoms with Gasteiger partial charge in [0.05, 0.1) is 6.61 Å². The zero-order chi connectivity index (χ0) is 19.8. The third kappa shape index (κ3) is 6.08. The third-order valence-corrected chi connectivity index (χ3v) is 4.81. The van der Waals surface area contributed by atoms with Gasteiger partial charge in [0.25, 0.3) is 5.91 Å². The van der Waals surface area contributed by atoms with Crippen molar-refractivity contribution in [3.63, 3.8) is 0 Å². The number of ether oxygens (including phenoxy) is 1. The molecule has 1 aromatic carbocycles. The minimum absolute atomic E-state index is 0.159. The Balaban J connectivity index is 1.99. The molecule has 148 valence electrons. The summed E-state index contributed by atoms with van der Waals surface area (Å²) in [6.07, 6.45) is 3.31.